The van der Waals surface area contributed by atoms with Gasteiger partial charge in [-0.1, -0.05) is 18.2 Å². The summed E-state index contributed by atoms with van der Waals surface area (Å²) >= 11 is 0. The number of rotatable bonds is 5. The van der Waals surface area contributed by atoms with Gasteiger partial charge < -0.3 is 15.2 Å². The third-order valence-corrected chi connectivity index (χ3v) is 2.83. The molecule has 20 heavy (non-hydrogen) atoms. The highest BCUT2D eigenvalue weighted by molar-refractivity contribution is 5.91. The van der Waals surface area contributed by atoms with Gasteiger partial charge in [-0.2, -0.15) is 0 Å². The summed E-state index contributed by atoms with van der Waals surface area (Å²) in [5.41, 5.74) is 1.52. The summed E-state index contributed by atoms with van der Waals surface area (Å²) in [5.74, 6) is 0.823. The van der Waals surface area contributed by atoms with Crippen LogP contribution in [0.15, 0.2) is 48.5 Å². The molecular formula is C16H17NO3. The average Bonchev–Trinajstić information content (AvgIpc) is 2.43. The Morgan fingerprint density at radius 1 is 1.20 bits per heavy atom. The van der Waals surface area contributed by atoms with Crippen molar-refractivity contribution in [1.82, 2.24) is 0 Å². The first kappa shape index (κ1) is 13.9. The van der Waals surface area contributed by atoms with Crippen LogP contribution in [0.25, 0.3) is 0 Å². The van der Waals surface area contributed by atoms with Gasteiger partial charge in [-0.15, -0.1) is 0 Å². The fourth-order valence-corrected chi connectivity index (χ4v) is 1.78. The van der Waals surface area contributed by atoms with Crippen LogP contribution >= 0.6 is 0 Å². The highest BCUT2D eigenvalue weighted by atomic mass is 16.5. The number of hydrogen-bond acceptors (Lipinski definition) is 3. The number of anilines is 1. The van der Waals surface area contributed by atoms with E-state index >= 15 is 0 Å². The third kappa shape index (κ3) is 4.02. The highest BCUT2D eigenvalue weighted by Gasteiger charge is 2.05. The Morgan fingerprint density at radius 2 is 1.95 bits per heavy atom. The second-order valence-electron chi connectivity index (χ2n) is 4.46. The monoisotopic (exact) mass is 271 g/mol. The molecule has 0 fully saturated rings. The normalized spacial score (nSPS) is 10.1. The quantitative estimate of drug-likeness (QED) is 0.821. The van der Waals surface area contributed by atoms with Crippen LogP contribution in [0.4, 0.5) is 5.69 Å². The maximum absolute atomic E-state index is 11.8. The lowest BCUT2D eigenvalue weighted by Crippen LogP contribution is -2.15. The molecule has 104 valence electrons. The number of hydrogen-bond donors (Lipinski definition) is 2. The number of benzene rings is 2. The molecule has 0 aliphatic rings. The number of para-hydroxylation sites is 1. The topological polar surface area (TPSA) is 58.6 Å². The van der Waals surface area contributed by atoms with Crippen molar-refractivity contribution in [2.24, 2.45) is 0 Å². The van der Waals surface area contributed by atoms with E-state index in [1.165, 1.54) is 0 Å². The van der Waals surface area contributed by atoms with Crippen molar-refractivity contribution in [3.05, 3.63) is 54.1 Å². The van der Waals surface area contributed by atoms with Gasteiger partial charge in [-0.25, -0.2) is 0 Å². The minimum Gasteiger partial charge on any atom is -0.508 e. The van der Waals surface area contributed by atoms with Crippen LogP contribution in [0.3, 0.4) is 0 Å². The predicted molar refractivity (Wildman–Crippen MR) is 78.0 cm³/mol. The van der Waals surface area contributed by atoms with E-state index in [0.717, 1.165) is 11.3 Å². The zero-order valence-corrected chi connectivity index (χ0v) is 11.3. The van der Waals surface area contributed by atoms with Crippen LogP contribution in [0.2, 0.25) is 0 Å². The Morgan fingerprint density at radius 3 is 2.65 bits per heavy atom. The molecule has 0 spiro atoms. The molecule has 2 N–H and O–H groups in total. The number of phenolic OH excluding ortho intramolecular Hbond substituents is 1. The second kappa shape index (κ2) is 6.61. The lowest BCUT2D eigenvalue weighted by Gasteiger charge is -2.09. The van der Waals surface area contributed by atoms with Crippen molar-refractivity contribution < 1.29 is 14.6 Å². The largest absolute Gasteiger partial charge is 0.508 e. The molecule has 0 aromatic heterocycles. The number of carbonyl (C=O) groups excluding carboxylic acids is 1. The Balaban J connectivity index is 1.81. The second-order valence-corrected chi connectivity index (χ2v) is 4.46. The molecule has 2 rings (SSSR count). The van der Waals surface area contributed by atoms with E-state index in [4.69, 9.17) is 4.74 Å². The zero-order chi connectivity index (χ0) is 14.4. The van der Waals surface area contributed by atoms with Crippen molar-refractivity contribution in [2.75, 3.05) is 11.9 Å². The van der Waals surface area contributed by atoms with Gasteiger partial charge in [0.1, 0.15) is 11.5 Å². The zero-order valence-electron chi connectivity index (χ0n) is 11.3. The van der Waals surface area contributed by atoms with E-state index in [1.807, 2.05) is 37.3 Å². The van der Waals surface area contributed by atoms with E-state index in [1.54, 1.807) is 18.2 Å². The molecule has 0 radical (unpaired) electrons. The molecule has 0 unspecified atom stereocenters. The number of carbonyl (C=O) groups is 1. The number of aromatic hydroxyl groups is 1. The maximum Gasteiger partial charge on any atom is 0.227 e. The minimum absolute atomic E-state index is 0.116. The molecule has 0 saturated heterocycles. The standard InChI is InChI=1S/C16H17NO3/c1-12-11-13(18)7-8-15(12)17-16(19)9-10-20-14-5-3-2-4-6-14/h2-8,11,18H,9-10H2,1H3,(H,17,19). The summed E-state index contributed by atoms with van der Waals surface area (Å²) in [7, 11) is 0. The molecule has 4 heteroatoms. The van der Waals surface area contributed by atoms with E-state index in [-0.39, 0.29) is 18.1 Å². The van der Waals surface area contributed by atoms with E-state index in [2.05, 4.69) is 5.32 Å². The van der Waals surface area contributed by atoms with Gasteiger partial charge in [-0.05, 0) is 42.8 Å². The molecule has 4 nitrogen and oxygen atoms in total. The van der Waals surface area contributed by atoms with Gasteiger partial charge in [0.15, 0.2) is 0 Å². The Labute approximate surface area is 118 Å². The molecule has 0 bridgehead atoms. The van der Waals surface area contributed by atoms with Gasteiger partial charge >= 0.3 is 0 Å². The molecule has 2 aromatic rings. The molecule has 2 aromatic carbocycles. The van der Waals surface area contributed by atoms with Crippen LogP contribution in [-0.4, -0.2) is 17.6 Å². The minimum atomic E-state index is -0.116. The van der Waals surface area contributed by atoms with Crippen molar-refractivity contribution in [1.29, 1.82) is 0 Å². The van der Waals surface area contributed by atoms with Crippen LogP contribution in [-0.2, 0) is 4.79 Å². The Bertz CT molecular complexity index is 582. The first-order valence-electron chi connectivity index (χ1n) is 6.42. The third-order valence-electron chi connectivity index (χ3n) is 2.83. The first-order valence-corrected chi connectivity index (χ1v) is 6.42. The van der Waals surface area contributed by atoms with Gasteiger partial charge in [0, 0.05) is 5.69 Å². The lowest BCUT2D eigenvalue weighted by molar-refractivity contribution is -0.116. The number of aryl methyl sites for hydroxylation is 1. The number of phenols is 1. The Kier molecular flexibility index (Phi) is 4.60. The van der Waals surface area contributed by atoms with E-state index in [0.29, 0.717) is 12.3 Å². The summed E-state index contributed by atoms with van der Waals surface area (Å²) in [6.07, 6.45) is 0.273. The molecule has 0 atom stereocenters. The average molecular weight is 271 g/mol. The SMILES string of the molecule is Cc1cc(O)ccc1NC(=O)CCOc1ccccc1. The van der Waals surface area contributed by atoms with Crippen molar-refractivity contribution in [3.8, 4) is 11.5 Å². The van der Waals surface area contributed by atoms with Crippen LogP contribution in [0, 0.1) is 6.92 Å². The highest BCUT2D eigenvalue weighted by Crippen LogP contribution is 2.20. The van der Waals surface area contributed by atoms with Gasteiger partial charge in [0.2, 0.25) is 5.91 Å². The summed E-state index contributed by atoms with van der Waals surface area (Å²) in [6, 6.07) is 14.2. The summed E-state index contributed by atoms with van der Waals surface area (Å²) in [6.45, 7) is 2.16. The number of amides is 1. The fourth-order valence-electron chi connectivity index (χ4n) is 1.78. The van der Waals surface area contributed by atoms with Gasteiger partial charge in [0.25, 0.3) is 0 Å². The van der Waals surface area contributed by atoms with Crippen molar-refractivity contribution >= 4 is 11.6 Å². The summed E-state index contributed by atoms with van der Waals surface area (Å²) < 4.78 is 5.46. The van der Waals surface area contributed by atoms with Crippen LogP contribution in [0.5, 0.6) is 11.5 Å². The fraction of sp³-hybridized carbons (Fsp3) is 0.188. The molecule has 0 heterocycles. The Hall–Kier alpha value is -2.49. The predicted octanol–water partition coefficient (Wildman–Crippen LogP) is 3.11. The molecule has 0 aliphatic heterocycles. The lowest BCUT2D eigenvalue weighted by atomic mass is 10.2. The molecule has 0 saturated carbocycles. The molecule has 0 aliphatic carbocycles. The van der Waals surface area contributed by atoms with Crippen molar-refractivity contribution in [3.63, 3.8) is 0 Å². The van der Waals surface area contributed by atoms with Crippen LogP contribution < -0.4 is 10.1 Å². The molecular weight excluding hydrogens is 254 g/mol. The van der Waals surface area contributed by atoms with E-state index in [9.17, 15) is 9.90 Å². The summed E-state index contributed by atoms with van der Waals surface area (Å²) in [4.78, 5) is 11.8. The maximum atomic E-state index is 11.8. The molecule has 1 amide bonds. The van der Waals surface area contributed by atoms with Gasteiger partial charge in [0.05, 0.1) is 13.0 Å². The number of nitrogens with one attached hydrogen (secondary N) is 1. The van der Waals surface area contributed by atoms with Crippen molar-refractivity contribution in [2.45, 2.75) is 13.3 Å². The van der Waals surface area contributed by atoms with Gasteiger partial charge in [-0.3, -0.25) is 4.79 Å². The van der Waals surface area contributed by atoms with Crippen LogP contribution in [0.1, 0.15) is 12.0 Å². The number of ether oxygens (including phenoxy) is 1. The summed E-state index contributed by atoms with van der Waals surface area (Å²) in [5, 5.41) is 12.1. The first-order chi connectivity index (χ1) is 9.65. The van der Waals surface area contributed by atoms with E-state index < -0.39 is 0 Å². The smallest absolute Gasteiger partial charge is 0.227 e.